The Morgan fingerprint density at radius 1 is 1.19 bits per heavy atom. The number of aromatic nitrogens is 2. The molecule has 1 aromatic heterocycles. The number of aliphatic hydroxyl groups excluding tert-OH is 1. The molecule has 3 heterocycles. The van der Waals surface area contributed by atoms with Gasteiger partial charge in [0.15, 0.2) is 0 Å². The SMILES string of the molecule is Cc1nn(C)cc1CN1CCN(C2CCN(C(C)C)CC2)[C@@H](CCO)C1. The quantitative estimate of drug-likeness (QED) is 0.829. The normalized spacial score (nSPS) is 24.6. The molecule has 1 atom stereocenters. The predicted octanol–water partition coefficient (Wildman–Crippen LogP) is 1.47. The van der Waals surface area contributed by atoms with E-state index in [-0.39, 0.29) is 6.61 Å². The number of piperidine rings is 1. The van der Waals surface area contributed by atoms with Crippen LogP contribution in [0.5, 0.6) is 0 Å². The van der Waals surface area contributed by atoms with Gasteiger partial charge in [0.25, 0.3) is 0 Å². The molecule has 148 valence electrons. The van der Waals surface area contributed by atoms with Gasteiger partial charge in [-0.05, 0) is 53.1 Å². The average Bonchev–Trinajstić information content (AvgIpc) is 2.93. The number of hydrogen-bond acceptors (Lipinski definition) is 5. The van der Waals surface area contributed by atoms with Crippen molar-refractivity contribution in [2.45, 2.75) is 64.7 Å². The molecule has 6 nitrogen and oxygen atoms in total. The Balaban J connectivity index is 1.58. The average molecular weight is 364 g/mol. The summed E-state index contributed by atoms with van der Waals surface area (Å²) in [5.74, 6) is 0. The molecule has 0 spiro atoms. The van der Waals surface area contributed by atoms with E-state index in [2.05, 4.69) is 46.8 Å². The van der Waals surface area contributed by atoms with Crippen molar-refractivity contribution in [1.29, 1.82) is 0 Å². The first-order valence-electron chi connectivity index (χ1n) is 10.3. The summed E-state index contributed by atoms with van der Waals surface area (Å²) in [6.07, 6.45) is 5.56. The van der Waals surface area contributed by atoms with Crippen LogP contribution in [0.25, 0.3) is 0 Å². The van der Waals surface area contributed by atoms with Crippen LogP contribution in [0, 0.1) is 6.92 Å². The lowest BCUT2D eigenvalue weighted by atomic mass is 9.97. The van der Waals surface area contributed by atoms with Crippen LogP contribution >= 0.6 is 0 Å². The molecule has 2 aliphatic rings. The molecule has 2 aliphatic heterocycles. The van der Waals surface area contributed by atoms with E-state index in [0.717, 1.165) is 38.3 Å². The van der Waals surface area contributed by atoms with Crippen LogP contribution in [-0.4, -0.2) is 87.0 Å². The largest absolute Gasteiger partial charge is 0.396 e. The van der Waals surface area contributed by atoms with Crippen LogP contribution in [-0.2, 0) is 13.6 Å². The van der Waals surface area contributed by atoms with Crippen LogP contribution < -0.4 is 0 Å². The van der Waals surface area contributed by atoms with Crippen molar-refractivity contribution < 1.29 is 5.11 Å². The molecule has 0 saturated carbocycles. The molecule has 1 aromatic rings. The first-order valence-corrected chi connectivity index (χ1v) is 10.3. The summed E-state index contributed by atoms with van der Waals surface area (Å²) in [5.41, 5.74) is 2.46. The van der Waals surface area contributed by atoms with E-state index in [1.165, 1.54) is 31.5 Å². The van der Waals surface area contributed by atoms with Gasteiger partial charge in [-0.25, -0.2) is 0 Å². The molecule has 3 rings (SSSR count). The highest BCUT2D eigenvalue weighted by atomic mass is 16.3. The Morgan fingerprint density at radius 2 is 1.92 bits per heavy atom. The van der Waals surface area contributed by atoms with Gasteiger partial charge in [0.2, 0.25) is 0 Å². The van der Waals surface area contributed by atoms with E-state index in [1.807, 2.05) is 11.7 Å². The third kappa shape index (κ3) is 4.66. The standard InChI is InChI=1S/C20H37N5O/c1-16(2)24-8-5-19(6-9-24)25-11-10-23(15-20(25)7-12-26)14-18-13-22(4)21-17(18)3/h13,16,19-20,26H,5-12,14-15H2,1-4H3/t20-/m0/s1. The molecule has 0 aromatic carbocycles. The second kappa shape index (κ2) is 8.83. The Kier molecular flexibility index (Phi) is 6.72. The molecule has 0 amide bonds. The second-order valence-electron chi connectivity index (χ2n) is 8.41. The van der Waals surface area contributed by atoms with Gasteiger partial charge in [0, 0.05) is 69.7 Å². The summed E-state index contributed by atoms with van der Waals surface area (Å²) < 4.78 is 1.91. The fourth-order valence-electron chi connectivity index (χ4n) is 4.74. The van der Waals surface area contributed by atoms with Crippen molar-refractivity contribution in [2.24, 2.45) is 7.05 Å². The summed E-state index contributed by atoms with van der Waals surface area (Å²) in [6.45, 7) is 13.7. The maximum absolute atomic E-state index is 9.61. The van der Waals surface area contributed by atoms with Crippen LogP contribution in [0.15, 0.2) is 6.20 Å². The molecule has 0 aliphatic carbocycles. The predicted molar refractivity (Wildman–Crippen MR) is 105 cm³/mol. The van der Waals surface area contributed by atoms with Gasteiger partial charge < -0.3 is 10.0 Å². The summed E-state index contributed by atoms with van der Waals surface area (Å²) in [6, 6.07) is 1.81. The number of piperazine rings is 1. The van der Waals surface area contributed by atoms with Gasteiger partial charge in [0.05, 0.1) is 5.69 Å². The van der Waals surface area contributed by atoms with Gasteiger partial charge in [-0.3, -0.25) is 14.5 Å². The highest BCUT2D eigenvalue weighted by Gasteiger charge is 2.34. The number of aryl methyl sites for hydroxylation is 2. The third-order valence-electron chi connectivity index (χ3n) is 6.28. The van der Waals surface area contributed by atoms with Gasteiger partial charge in [-0.2, -0.15) is 5.10 Å². The van der Waals surface area contributed by atoms with Crippen molar-refractivity contribution in [3.63, 3.8) is 0 Å². The maximum Gasteiger partial charge on any atom is 0.0638 e. The van der Waals surface area contributed by atoms with Crippen LogP contribution in [0.2, 0.25) is 0 Å². The zero-order valence-corrected chi connectivity index (χ0v) is 17.1. The van der Waals surface area contributed by atoms with E-state index >= 15 is 0 Å². The summed E-state index contributed by atoms with van der Waals surface area (Å²) in [5, 5.41) is 14.1. The molecule has 6 heteroatoms. The van der Waals surface area contributed by atoms with Crippen molar-refractivity contribution in [2.75, 3.05) is 39.3 Å². The molecule has 2 fully saturated rings. The van der Waals surface area contributed by atoms with E-state index in [4.69, 9.17) is 0 Å². The molecule has 1 N–H and O–H groups in total. The Morgan fingerprint density at radius 3 is 2.50 bits per heavy atom. The van der Waals surface area contributed by atoms with Crippen molar-refractivity contribution in [1.82, 2.24) is 24.5 Å². The Labute approximate surface area is 158 Å². The van der Waals surface area contributed by atoms with E-state index in [0.29, 0.717) is 18.1 Å². The lowest BCUT2D eigenvalue weighted by Gasteiger charge is -2.48. The highest BCUT2D eigenvalue weighted by Crippen LogP contribution is 2.25. The van der Waals surface area contributed by atoms with Gasteiger partial charge in [0.1, 0.15) is 0 Å². The molecule has 0 bridgehead atoms. The lowest BCUT2D eigenvalue weighted by Crippen LogP contribution is -2.58. The van der Waals surface area contributed by atoms with E-state index < -0.39 is 0 Å². The van der Waals surface area contributed by atoms with Crippen LogP contribution in [0.4, 0.5) is 0 Å². The molecular formula is C20H37N5O. The first kappa shape index (κ1) is 19.8. The van der Waals surface area contributed by atoms with Crippen molar-refractivity contribution in [3.05, 3.63) is 17.5 Å². The van der Waals surface area contributed by atoms with E-state index in [9.17, 15) is 5.11 Å². The van der Waals surface area contributed by atoms with Crippen molar-refractivity contribution in [3.8, 4) is 0 Å². The highest BCUT2D eigenvalue weighted by molar-refractivity contribution is 5.15. The fourth-order valence-corrected chi connectivity index (χ4v) is 4.74. The molecule has 0 radical (unpaired) electrons. The zero-order valence-electron chi connectivity index (χ0n) is 17.1. The number of hydrogen-bond donors (Lipinski definition) is 1. The van der Waals surface area contributed by atoms with Gasteiger partial charge >= 0.3 is 0 Å². The van der Waals surface area contributed by atoms with Gasteiger partial charge in [-0.1, -0.05) is 0 Å². The summed E-state index contributed by atoms with van der Waals surface area (Å²) in [7, 11) is 1.99. The molecular weight excluding hydrogens is 326 g/mol. The lowest BCUT2D eigenvalue weighted by molar-refractivity contribution is -0.0000804. The summed E-state index contributed by atoms with van der Waals surface area (Å²) >= 11 is 0. The maximum atomic E-state index is 9.61. The van der Waals surface area contributed by atoms with Crippen LogP contribution in [0.3, 0.4) is 0 Å². The molecule has 0 unspecified atom stereocenters. The number of likely N-dealkylation sites (tertiary alicyclic amines) is 1. The summed E-state index contributed by atoms with van der Waals surface area (Å²) in [4.78, 5) is 7.85. The second-order valence-corrected chi connectivity index (χ2v) is 8.41. The Hall–Kier alpha value is -0.950. The Bertz CT molecular complexity index is 565. The number of nitrogens with zero attached hydrogens (tertiary/aromatic N) is 5. The fraction of sp³-hybridized carbons (Fsp3) is 0.850. The monoisotopic (exact) mass is 363 g/mol. The molecule has 26 heavy (non-hydrogen) atoms. The third-order valence-corrected chi connectivity index (χ3v) is 6.28. The minimum absolute atomic E-state index is 0.283. The van der Waals surface area contributed by atoms with E-state index in [1.54, 1.807) is 0 Å². The van der Waals surface area contributed by atoms with Gasteiger partial charge in [-0.15, -0.1) is 0 Å². The smallest absolute Gasteiger partial charge is 0.0638 e. The number of aliphatic hydroxyl groups is 1. The first-order chi connectivity index (χ1) is 12.5. The zero-order chi connectivity index (χ0) is 18.7. The number of rotatable bonds is 6. The minimum Gasteiger partial charge on any atom is -0.396 e. The van der Waals surface area contributed by atoms with Crippen LogP contribution in [0.1, 0.15) is 44.4 Å². The topological polar surface area (TPSA) is 47.8 Å². The van der Waals surface area contributed by atoms with Crippen molar-refractivity contribution >= 4 is 0 Å². The minimum atomic E-state index is 0.283. The molecule has 2 saturated heterocycles.